The molecule has 2 aliphatic heterocycles. The summed E-state index contributed by atoms with van der Waals surface area (Å²) >= 11 is 0. The SMILES string of the molecule is COC(=O)C1CCCCN1CCN1CCCCC1. The fourth-order valence-corrected chi connectivity index (χ4v) is 3.11. The van der Waals surface area contributed by atoms with Gasteiger partial charge in [-0.15, -0.1) is 0 Å². The van der Waals surface area contributed by atoms with Crippen LogP contribution in [-0.2, 0) is 9.53 Å². The molecule has 0 bridgehead atoms. The van der Waals surface area contributed by atoms with Crippen molar-refractivity contribution in [1.29, 1.82) is 0 Å². The maximum Gasteiger partial charge on any atom is 0.323 e. The van der Waals surface area contributed by atoms with E-state index in [1.54, 1.807) is 0 Å². The Hall–Kier alpha value is -0.610. The lowest BCUT2D eigenvalue weighted by atomic mass is 10.0. The van der Waals surface area contributed by atoms with Gasteiger partial charge in [0.15, 0.2) is 0 Å². The van der Waals surface area contributed by atoms with Gasteiger partial charge >= 0.3 is 5.97 Å². The summed E-state index contributed by atoms with van der Waals surface area (Å²) < 4.78 is 4.92. The summed E-state index contributed by atoms with van der Waals surface area (Å²) in [6.07, 6.45) is 7.38. The number of hydrogen-bond acceptors (Lipinski definition) is 4. The smallest absolute Gasteiger partial charge is 0.323 e. The number of methoxy groups -OCH3 is 1. The van der Waals surface area contributed by atoms with Crippen LogP contribution in [0.2, 0.25) is 0 Å². The van der Waals surface area contributed by atoms with Crippen molar-refractivity contribution in [2.24, 2.45) is 0 Å². The van der Waals surface area contributed by atoms with E-state index in [0.717, 1.165) is 32.5 Å². The molecule has 0 radical (unpaired) electrons. The quantitative estimate of drug-likeness (QED) is 0.712. The third-order valence-corrected chi connectivity index (χ3v) is 4.24. The minimum absolute atomic E-state index is 0.00791. The lowest BCUT2D eigenvalue weighted by Gasteiger charge is -2.36. The number of carbonyl (C=O) groups excluding carboxylic acids is 1. The van der Waals surface area contributed by atoms with E-state index in [1.807, 2.05) is 0 Å². The van der Waals surface area contributed by atoms with Crippen molar-refractivity contribution < 1.29 is 9.53 Å². The summed E-state index contributed by atoms with van der Waals surface area (Å²) in [4.78, 5) is 16.6. The number of rotatable bonds is 4. The second-order valence-electron chi connectivity index (χ2n) is 5.47. The van der Waals surface area contributed by atoms with Gasteiger partial charge in [0.05, 0.1) is 7.11 Å². The second kappa shape index (κ2) is 7.10. The van der Waals surface area contributed by atoms with Crippen LogP contribution in [0.4, 0.5) is 0 Å². The molecule has 2 fully saturated rings. The monoisotopic (exact) mass is 254 g/mol. The Labute approximate surface area is 110 Å². The molecule has 2 aliphatic rings. The van der Waals surface area contributed by atoms with Crippen LogP contribution >= 0.6 is 0 Å². The minimum Gasteiger partial charge on any atom is -0.468 e. The summed E-state index contributed by atoms with van der Waals surface area (Å²) in [6.45, 7) is 5.63. The number of piperidine rings is 2. The summed E-state index contributed by atoms with van der Waals surface area (Å²) in [6, 6.07) is 0.00791. The average Bonchev–Trinajstić information content (AvgIpc) is 2.45. The number of hydrogen-bond donors (Lipinski definition) is 0. The zero-order chi connectivity index (χ0) is 12.8. The second-order valence-corrected chi connectivity index (χ2v) is 5.47. The Morgan fingerprint density at radius 1 is 1.06 bits per heavy atom. The first-order chi connectivity index (χ1) is 8.81. The molecule has 2 rings (SSSR count). The zero-order valence-corrected chi connectivity index (χ0v) is 11.6. The van der Waals surface area contributed by atoms with Crippen LogP contribution < -0.4 is 0 Å². The highest BCUT2D eigenvalue weighted by Crippen LogP contribution is 2.18. The van der Waals surface area contributed by atoms with Crippen molar-refractivity contribution in [2.45, 2.75) is 44.6 Å². The Balaban J connectivity index is 1.79. The normalized spacial score (nSPS) is 27.1. The van der Waals surface area contributed by atoms with Gasteiger partial charge in [-0.2, -0.15) is 0 Å². The number of ether oxygens (including phenoxy) is 1. The van der Waals surface area contributed by atoms with Crippen LogP contribution in [0.3, 0.4) is 0 Å². The topological polar surface area (TPSA) is 32.8 Å². The van der Waals surface area contributed by atoms with Crippen LogP contribution in [0, 0.1) is 0 Å². The molecule has 4 nitrogen and oxygen atoms in total. The zero-order valence-electron chi connectivity index (χ0n) is 11.6. The fourth-order valence-electron chi connectivity index (χ4n) is 3.11. The summed E-state index contributed by atoms with van der Waals surface area (Å²) in [5, 5.41) is 0. The molecule has 0 aromatic heterocycles. The molecule has 0 aliphatic carbocycles. The molecule has 1 atom stereocenters. The van der Waals surface area contributed by atoms with Crippen molar-refractivity contribution in [3.05, 3.63) is 0 Å². The minimum atomic E-state index is -0.0478. The molecule has 2 saturated heterocycles. The molecule has 0 amide bonds. The molecule has 0 aromatic rings. The first kappa shape index (κ1) is 13.8. The van der Waals surface area contributed by atoms with E-state index < -0.39 is 0 Å². The molecule has 0 N–H and O–H groups in total. The first-order valence-electron chi connectivity index (χ1n) is 7.35. The van der Waals surface area contributed by atoms with E-state index in [-0.39, 0.29) is 12.0 Å². The van der Waals surface area contributed by atoms with E-state index >= 15 is 0 Å². The third-order valence-electron chi connectivity index (χ3n) is 4.24. The largest absolute Gasteiger partial charge is 0.468 e. The van der Waals surface area contributed by atoms with Crippen LogP contribution in [0.25, 0.3) is 0 Å². The maximum absolute atomic E-state index is 11.8. The van der Waals surface area contributed by atoms with E-state index in [4.69, 9.17) is 4.74 Å². The molecular weight excluding hydrogens is 228 g/mol. The van der Waals surface area contributed by atoms with E-state index in [1.165, 1.54) is 45.9 Å². The highest BCUT2D eigenvalue weighted by atomic mass is 16.5. The number of carbonyl (C=O) groups is 1. The molecular formula is C14H26N2O2. The molecule has 0 spiro atoms. The summed E-state index contributed by atoms with van der Waals surface area (Å²) in [5.74, 6) is -0.0478. The van der Waals surface area contributed by atoms with Gasteiger partial charge in [-0.05, 0) is 45.3 Å². The lowest BCUT2D eigenvalue weighted by molar-refractivity contribution is -0.148. The van der Waals surface area contributed by atoms with Gasteiger partial charge in [-0.25, -0.2) is 0 Å². The van der Waals surface area contributed by atoms with Gasteiger partial charge in [0.2, 0.25) is 0 Å². The van der Waals surface area contributed by atoms with Crippen LogP contribution in [0.5, 0.6) is 0 Å². The van der Waals surface area contributed by atoms with E-state index in [2.05, 4.69) is 9.80 Å². The van der Waals surface area contributed by atoms with Crippen molar-refractivity contribution >= 4 is 5.97 Å². The highest BCUT2D eigenvalue weighted by Gasteiger charge is 2.29. The number of likely N-dealkylation sites (tertiary alicyclic amines) is 2. The average molecular weight is 254 g/mol. The van der Waals surface area contributed by atoms with Gasteiger partial charge in [0.1, 0.15) is 6.04 Å². The lowest BCUT2D eigenvalue weighted by Crippen LogP contribution is -2.48. The maximum atomic E-state index is 11.8. The molecule has 18 heavy (non-hydrogen) atoms. The molecule has 1 unspecified atom stereocenters. The molecule has 2 heterocycles. The Bertz CT molecular complexity index is 265. The first-order valence-corrected chi connectivity index (χ1v) is 7.35. The van der Waals surface area contributed by atoms with Crippen molar-refractivity contribution in [3.63, 3.8) is 0 Å². The van der Waals surface area contributed by atoms with Gasteiger partial charge in [-0.1, -0.05) is 12.8 Å². The van der Waals surface area contributed by atoms with Gasteiger partial charge in [0.25, 0.3) is 0 Å². The van der Waals surface area contributed by atoms with Crippen molar-refractivity contribution in [1.82, 2.24) is 9.80 Å². The summed E-state index contributed by atoms with van der Waals surface area (Å²) in [5.41, 5.74) is 0. The molecule has 0 aromatic carbocycles. The Kier molecular flexibility index (Phi) is 5.45. The summed E-state index contributed by atoms with van der Waals surface area (Å²) in [7, 11) is 1.50. The third kappa shape index (κ3) is 3.69. The fraction of sp³-hybridized carbons (Fsp3) is 0.929. The molecule has 104 valence electrons. The predicted octanol–water partition coefficient (Wildman–Crippen LogP) is 1.50. The van der Waals surface area contributed by atoms with E-state index in [9.17, 15) is 4.79 Å². The van der Waals surface area contributed by atoms with Crippen molar-refractivity contribution in [2.75, 3.05) is 39.8 Å². The highest BCUT2D eigenvalue weighted by molar-refractivity contribution is 5.75. The van der Waals surface area contributed by atoms with Crippen LogP contribution in [0.15, 0.2) is 0 Å². The predicted molar refractivity (Wildman–Crippen MR) is 71.5 cm³/mol. The standard InChI is InChI=1S/C14H26N2O2/c1-18-14(17)13-7-3-6-10-16(13)12-11-15-8-4-2-5-9-15/h13H,2-12H2,1H3. The Morgan fingerprint density at radius 3 is 2.50 bits per heavy atom. The number of nitrogens with zero attached hydrogens (tertiary/aromatic N) is 2. The van der Waals surface area contributed by atoms with Crippen molar-refractivity contribution in [3.8, 4) is 0 Å². The van der Waals surface area contributed by atoms with Gasteiger partial charge < -0.3 is 9.64 Å². The van der Waals surface area contributed by atoms with E-state index in [0.29, 0.717) is 0 Å². The molecule has 4 heteroatoms. The number of esters is 1. The van der Waals surface area contributed by atoms with Gasteiger partial charge in [0, 0.05) is 13.1 Å². The Morgan fingerprint density at radius 2 is 1.78 bits per heavy atom. The van der Waals surface area contributed by atoms with Gasteiger partial charge in [-0.3, -0.25) is 9.69 Å². The molecule has 0 saturated carbocycles. The van der Waals surface area contributed by atoms with Crippen LogP contribution in [-0.4, -0.2) is 61.6 Å². The van der Waals surface area contributed by atoms with Crippen LogP contribution in [0.1, 0.15) is 38.5 Å².